The summed E-state index contributed by atoms with van der Waals surface area (Å²) in [6.45, 7) is 4.33. The molecule has 84 valence electrons. The Balaban J connectivity index is 2.22. The normalized spacial score (nSPS) is 22.1. The van der Waals surface area contributed by atoms with Gasteiger partial charge in [0.1, 0.15) is 0 Å². The van der Waals surface area contributed by atoms with Gasteiger partial charge in [-0.3, -0.25) is 0 Å². The number of aliphatic hydroxyl groups excluding tert-OH is 1. The molecule has 0 aliphatic heterocycles. The maximum Gasteiger partial charge on any atom is 0.0468 e. The molecule has 0 aromatic heterocycles. The van der Waals surface area contributed by atoms with Crippen LogP contribution < -0.4 is 5.32 Å². The fraction of sp³-hybridized carbons (Fsp3) is 1.00. The number of aliphatic hydroxyl groups is 1. The Morgan fingerprint density at radius 3 is 2.43 bits per heavy atom. The highest BCUT2D eigenvalue weighted by atomic mass is 16.3. The van der Waals surface area contributed by atoms with Crippen LogP contribution in [0.15, 0.2) is 0 Å². The first-order valence-electron chi connectivity index (χ1n) is 5.60. The third-order valence-electron chi connectivity index (χ3n) is 3.49. The molecule has 1 saturated carbocycles. The lowest BCUT2D eigenvalue weighted by Crippen LogP contribution is -2.56. The van der Waals surface area contributed by atoms with E-state index in [9.17, 15) is 0 Å². The van der Waals surface area contributed by atoms with Crippen molar-refractivity contribution in [1.82, 2.24) is 10.2 Å². The molecule has 1 rings (SSSR count). The topological polar surface area (TPSA) is 35.5 Å². The maximum atomic E-state index is 8.89. The summed E-state index contributed by atoms with van der Waals surface area (Å²) < 4.78 is 0. The van der Waals surface area contributed by atoms with Gasteiger partial charge >= 0.3 is 0 Å². The number of nitrogens with one attached hydrogen (secondary N) is 1. The third-order valence-corrected chi connectivity index (χ3v) is 3.49. The molecule has 1 atom stereocenters. The zero-order chi connectivity index (χ0) is 10.6. The van der Waals surface area contributed by atoms with Crippen molar-refractivity contribution in [3.63, 3.8) is 0 Å². The standard InChI is InChI=1S/C11H24N2O/c1-10(8-14)7-12-9-11(13(2)3)5-4-6-11/h10,12,14H,4-9H2,1-3H3. The minimum atomic E-state index is 0.280. The van der Waals surface area contributed by atoms with Crippen molar-refractivity contribution in [2.75, 3.05) is 33.8 Å². The van der Waals surface area contributed by atoms with E-state index in [-0.39, 0.29) is 6.61 Å². The van der Waals surface area contributed by atoms with E-state index >= 15 is 0 Å². The first-order valence-corrected chi connectivity index (χ1v) is 5.60. The lowest BCUT2D eigenvalue weighted by molar-refractivity contribution is 0.0585. The largest absolute Gasteiger partial charge is 0.396 e. The quantitative estimate of drug-likeness (QED) is 0.662. The predicted octanol–water partition coefficient (Wildman–Crippen LogP) is 0.689. The van der Waals surface area contributed by atoms with E-state index in [1.54, 1.807) is 0 Å². The summed E-state index contributed by atoms with van der Waals surface area (Å²) in [5.41, 5.74) is 0.398. The fourth-order valence-electron chi connectivity index (χ4n) is 1.98. The Morgan fingerprint density at radius 2 is 2.07 bits per heavy atom. The van der Waals surface area contributed by atoms with Crippen molar-refractivity contribution < 1.29 is 5.11 Å². The first kappa shape index (κ1) is 12.0. The summed E-state index contributed by atoms with van der Waals surface area (Å²) in [5, 5.41) is 12.4. The molecule has 1 unspecified atom stereocenters. The van der Waals surface area contributed by atoms with Gasteiger partial charge in [0.25, 0.3) is 0 Å². The highest BCUT2D eigenvalue weighted by Crippen LogP contribution is 2.35. The molecule has 2 N–H and O–H groups in total. The van der Waals surface area contributed by atoms with Gasteiger partial charge in [0.15, 0.2) is 0 Å². The molecular formula is C11H24N2O. The zero-order valence-electron chi connectivity index (χ0n) is 9.71. The van der Waals surface area contributed by atoms with E-state index in [0.717, 1.165) is 13.1 Å². The number of likely N-dealkylation sites (N-methyl/N-ethyl adjacent to an activating group) is 1. The molecule has 0 radical (unpaired) electrons. The molecule has 1 aliphatic rings. The van der Waals surface area contributed by atoms with Gasteiger partial charge in [-0.15, -0.1) is 0 Å². The molecule has 1 aliphatic carbocycles. The SMILES string of the molecule is CC(CO)CNCC1(N(C)C)CCC1. The van der Waals surface area contributed by atoms with Crippen molar-refractivity contribution in [2.24, 2.45) is 5.92 Å². The average Bonchev–Trinajstić information content (AvgIpc) is 2.08. The zero-order valence-corrected chi connectivity index (χ0v) is 9.71. The average molecular weight is 200 g/mol. The smallest absolute Gasteiger partial charge is 0.0468 e. The van der Waals surface area contributed by atoms with Crippen LogP contribution in [0.25, 0.3) is 0 Å². The Morgan fingerprint density at radius 1 is 1.43 bits per heavy atom. The Kier molecular flexibility index (Phi) is 4.35. The maximum absolute atomic E-state index is 8.89. The van der Waals surface area contributed by atoms with Crippen LogP contribution in [-0.2, 0) is 0 Å². The molecule has 3 nitrogen and oxygen atoms in total. The number of hydrogen-bond acceptors (Lipinski definition) is 3. The highest BCUT2D eigenvalue weighted by molar-refractivity contribution is 4.97. The molecule has 0 saturated heterocycles. The Labute approximate surface area is 87.5 Å². The van der Waals surface area contributed by atoms with Crippen molar-refractivity contribution in [1.29, 1.82) is 0 Å². The fourth-order valence-corrected chi connectivity index (χ4v) is 1.98. The van der Waals surface area contributed by atoms with Crippen LogP contribution >= 0.6 is 0 Å². The summed E-state index contributed by atoms with van der Waals surface area (Å²) in [6, 6.07) is 0. The minimum Gasteiger partial charge on any atom is -0.396 e. The molecule has 1 fully saturated rings. The molecule has 0 amide bonds. The van der Waals surface area contributed by atoms with Crippen LogP contribution in [-0.4, -0.2) is 49.3 Å². The van der Waals surface area contributed by atoms with E-state index in [1.807, 2.05) is 0 Å². The molecule has 0 spiro atoms. The number of hydrogen-bond donors (Lipinski definition) is 2. The summed E-state index contributed by atoms with van der Waals surface area (Å²) in [6.07, 6.45) is 3.97. The van der Waals surface area contributed by atoms with Crippen LogP contribution in [0, 0.1) is 5.92 Å². The van der Waals surface area contributed by atoms with Crippen molar-refractivity contribution in [3.8, 4) is 0 Å². The van der Waals surface area contributed by atoms with Gasteiger partial charge in [-0.05, 0) is 45.8 Å². The molecule has 0 aromatic rings. The second-order valence-corrected chi connectivity index (χ2v) is 4.89. The van der Waals surface area contributed by atoms with Crippen LogP contribution in [0.1, 0.15) is 26.2 Å². The second-order valence-electron chi connectivity index (χ2n) is 4.89. The number of nitrogens with zero attached hydrogens (tertiary/aromatic N) is 1. The van der Waals surface area contributed by atoms with Crippen LogP contribution in [0.2, 0.25) is 0 Å². The van der Waals surface area contributed by atoms with Gasteiger partial charge in [-0.25, -0.2) is 0 Å². The van der Waals surface area contributed by atoms with Crippen molar-refractivity contribution in [3.05, 3.63) is 0 Å². The van der Waals surface area contributed by atoms with Crippen LogP contribution in [0.5, 0.6) is 0 Å². The van der Waals surface area contributed by atoms with Gasteiger partial charge in [0.2, 0.25) is 0 Å². The van der Waals surface area contributed by atoms with E-state index in [2.05, 4.69) is 31.2 Å². The Hall–Kier alpha value is -0.120. The van der Waals surface area contributed by atoms with Crippen LogP contribution in [0.4, 0.5) is 0 Å². The molecule has 0 heterocycles. The lowest BCUT2D eigenvalue weighted by Gasteiger charge is -2.47. The predicted molar refractivity (Wildman–Crippen MR) is 59.4 cm³/mol. The van der Waals surface area contributed by atoms with Crippen molar-refractivity contribution >= 4 is 0 Å². The van der Waals surface area contributed by atoms with Gasteiger partial charge in [-0.2, -0.15) is 0 Å². The summed E-state index contributed by atoms with van der Waals surface area (Å²) >= 11 is 0. The van der Waals surface area contributed by atoms with Gasteiger partial charge in [-0.1, -0.05) is 6.92 Å². The van der Waals surface area contributed by atoms with Crippen LogP contribution in [0.3, 0.4) is 0 Å². The van der Waals surface area contributed by atoms with Gasteiger partial charge in [0, 0.05) is 18.7 Å². The molecule has 0 bridgehead atoms. The van der Waals surface area contributed by atoms with Crippen molar-refractivity contribution in [2.45, 2.75) is 31.7 Å². The van der Waals surface area contributed by atoms with E-state index in [1.165, 1.54) is 19.3 Å². The summed E-state index contributed by atoms with van der Waals surface area (Å²) in [4.78, 5) is 2.34. The highest BCUT2D eigenvalue weighted by Gasteiger charge is 2.38. The number of rotatable bonds is 6. The lowest BCUT2D eigenvalue weighted by atomic mass is 9.75. The van der Waals surface area contributed by atoms with Gasteiger partial charge in [0.05, 0.1) is 0 Å². The molecule has 3 heteroatoms. The minimum absolute atomic E-state index is 0.280. The molecule has 14 heavy (non-hydrogen) atoms. The second kappa shape index (κ2) is 5.10. The third kappa shape index (κ3) is 2.69. The molecule has 0 aromatic carbocycles. The summed E-state index contributed by atoms with van der Waals surface area (Å²) in [7, 11) is 4.33. The van der Waals surface area contributed by atoms with E-state index in [4.69, 9.17) is 5.11 Å². The molecular weight excluding hydrogens is 176 g/mol. The van der Waals surface area contributed by atoms with Gasteiger partial charge < -0.3 is 15.3 Å². The first-order chi connectivity index (χ1) is 6.60. The Bertz CT molecular complexity index is 167. The summed E-state index contributed by atoms with van der Waals surface area (Å²) in [5.74, 6) is 0.370. The monoisotopic (exact) mass is 200 g/mol. The van der Waals surface area contributed by atoms with E-state index in [0.29, 0.717) is 11.5 Å². The van der Waals surface area contributed by atoms with E-state index < -0.39 is 0 Å².